The fourth-order valence-electron chi connectivity index (χ4n) is 3.81. The van der Waals surface area contributed by atoms with Gasteiger partial charge in [0.05, 0.1) is 19.8 Å². The molecule has 2 fully saturated rings. The zero-order valence-electron chi connectivity index (χ0n) is 14.3. The smallest absolute Gasteiger partial charge is 0.0782 e. The number of rotatable bonds is 3. The van der Waals surface area contributed by atoms with Crippen molar-refractivity contribution >= 4 is 24.0 Å². The van der Waals surface area contributed by atoms with Gasteiger partial charge in [-0.2, -0.15) is 0 Å². The third-order valence-electron chi connectivity index (χ3n) is 6.31. The summed E-state index contributed by atoms with van der Waals surface area (Å²) in [5, 5.41) is 0.406. The lowest BCUT2D eigenvalue weighted by Gasteiger charge is -2.57. The van der Waals surface area contributed by atoms with Gasteiger partial charge >= 0.3 is 0 Å². The number of alkyl halides is 1. The molecule has 0 amide bonds. The topological polar surface area (TPSA) is 9.23 Å². The number of hydrogen-bond acceptors (Lipinski definition) is 1. The molecule has 0 aromatic carbocycles. The molecule has 0 bridgehead atoms. The van der Waals surface area contributed by atoms with E-state index in [1.54, 1.807) is 0 Å². The fourth-order valence-corrected chi connectivity index (χ4v) is 8.64. The van der Waals surface area contributed by atoms with E-state index in [0.717, 1.165) is 5.92 Å². The Hall–Kier alpha value is 0.657. The van der Waals surface area contributed by atoms with Gasteiger partial charge in [0.25, 0.3) is 0 Å². The van der Waals surface area contributed by atoms with E-state index in [9.17, 15) is 0 Å². The standard InChI is InChI=1S/C17H33BrOSi/c1-16(2,3)20(5,6)15(18)17(4)12-14(19-17)13-10-8-7-9-11-13/h13-15H,7-12H2,1-6H3. The summed E-state index contributed by atoms with van der Waals surface area (Å²) in [5.41, 5.74) is 0.0745. The molecule has 1 saturated heterocycles. The monoisotopic (exact) mass is 360 g/mol. The molecule has 0 radical (unpaired) electrons. The Morgan fingerprint density at radius 3 is 2.10 bits per heavy atom. The van der Waals surface area contributed by atoms with E-state index in [4.69, 9.17) is 4.74 Å². The zero-order chi connectivity index (χ0) is 15.2. The van der Waals surface area contributed by atoms with Gasteiger partial charge in [-0.3, -0.25) is 0 Å². The Labute approximate surface area is 135 Å². The summed E-state index contributed by atoms with van der Waals surface area (Å²) < 4.78 is 7.04. The SMILES string of the molecule is CC1(C(Br)[Si](C)(C)C(C)(C)C)CC(C2CCCCC2)O1. The molecule has 1 saturated carbocycles. The highest BCUT2D eigenvalue weighted by Gasteiger charge is 2.56. The molecule has 20 heavy (non-hydrogen) atoms. The molecular weight excluding hydrogens is 328 g/mol. The molecule has 0 aromatic rings. The molecule has 1 heterocycles. The Morgan fingerprint density at radius 1 is 1.15 bits per heavy atom. The summed E-state index contributed by atoms with van der Waals surface area (Å²) in [4.78, 5) is 0. The molecule has 0 N–H and O–H groups in total. The molecule has 2 rings (SSSR count). The van der Waals surface area contributed by atoms with Gasteiger partial charge in [-0.25, -0.2) is 0 Å². The summed E-state index contributed by atoms with van der Waals surface area (Å²) in [6.07, 6.45) is 8.88. The lowest BCUT2D eigenvalue weighted by atomic mass is 9.78. The van der Waals surface area contributed by atoms with Crippen molar-refractivity contribution in [1.29, 1.82) is 0 Å². The van der Waals surface area contributed by atoms with E-state index >= 15 is 0 Å². The van der Waals surface area contributed by atoms with Crippen LogP contribution in [-0.2, 0) is 4.74 Å². The summed E-state index contributed by atoms with van der Waals surface area (Å²) in [6.45, 7) is 14.5. The molecule has 3 unspecified atom stereocenters. The highest BCUT2D eigenvalue weighted by atomic mass is 79.9. The molecule has 3 heteroatoms. The van der Waals surface area contributed by atoms with Crippen LogP contribution < -0.4 is 0 Å². The maximum atomic E-state index is 6.50. The van der Waals surface area contributed by atoms with E-state index in [-0.39, 0.29) is 5.60 Å². The lowest BCUT2D eigenvalue weighted by molar-refractivity contribution is -0.211. The molecule has 118 valence electrons. The Balaban J connectivity index is 1.97. The van der Waals surface area contributed by atoms with Crippen LogP contribution in [0.15, 0.2) is 0 Å². The highest BCUT2D eigenvalue weighted by Crippen LogP contribution is 2.51. The molecular formula is C17H33BrOSi. The molecule has 0 spiro atoms. The molecule has 1 aliphatic heterocycles. The van der Waals surface area contributed by atoms with Crippen molar-refractivity contribution in [2.45, 2.75) is 101 Å². The van der Waals surface area contributed by atoms with Crippen LogP contribution in [0.2, 0.25) is 18.1 Å². The summed E-state index contributed by atoms with van der Waals surface area (Å²) in [5.74, 6) is 0.843. The number of halogens is 1. The first-order valence-corrected chi connectivity index (χ1v) is 12.4. The van der Waals surface area contributed by atoms with Crippen LogP contribution in [0.25, 0.3) is 0 Å². The van der Waals surface area contributed by atoms with Crippen LogP contribution in [-0.4, -0.2) is 24.2 Å². The average Bonchev–Trinajstić information content (AvgIpc) is 2.33. The van der Waals surface area contributed by atoms with Gasteiger partial charge in [0.1, 0.15) is 0 Å². The van der Waals surface area contributed by atoms with Crippen LogP contribution in [0.4, 0.5) is 0 Å². The normalized spacial score (nSPS) is 34.6. The van der Waals surface area contributed by atoms with Crippen molar-refractivity contribution in [3.8, 4) is 0 Å². The van der Waals surface area contributed by atoms with Crippen LogP contribution in [0.5, 0.6) is 0 Å². The third-order valence-corrected chi connectivity index (χ3v) is 16.5. The van der Waals surface area contributed by atoms with E-state index < -0.39 is 8.07 Å². The number of hydrogen-bond donors (Lipinski definition) is 0. The molecule has 2 aliphatic rings. The van der Waals surface area contributed by atoms with Crippen molar-refractivity contribution in [3.05, 3.63) is 0 Å². The second kappa shape index (κ2) is 5.70. The van der Waals surface area contributed by atoms with Gasteiger partial charge < -0.3 is 4.74 Å². The molecule has 1 nitrogen and oxygen atoms in total. The van der Waals surface area contributed by atoms with Gasteiger partial charge in [0.15, 0.2) is 0 Å². The van der Waals surface area contributed by atoms with Gasteiger partial charge in [-0.05, 0) is 30.7 Å². The summed E-state index contributed by atoms with van der Waals surface area (Å²) in [6, 6.07) is 0. The highest BCUT2D eigenvalue weighted by molar-refractivity contribution is 9.10. The Bertz CT molecular complexity index is 335. The van der Waals surface area contributed by atoms with Crippen molar-refractivity contribution in [3.63, 3.8) is 0 Å². The number of ether oxygens (including phenoxy) is 1. The van der Waals surface area contributed by atoms with E-state index in [1.165, 1.54) is 38.5 Å². The van der Waals surface area contributed by atoms with Crippen molar-refractivity contribution in [2.75, 3.05) is 0 Å². The molecule has 0 aromatic heterocycles. The Kier molecular flexibility index (Phi) is 4.85. The maximum Gasteiger partial charge on any atom is 0.0782 e. The largest absolute Gasteiger partial charge is 0.371 e. The second-order valence-electron chi connectivity index (χ2n) is 8.91. The van der Waals surface area contributed by atoms with Gasteiger partial charge in [0, 0.05) is 10.9 Å². The van der Waals surface area contributed by atoms with Crippen molar-refractivity contribution < 1.29 is 4.74 Å². The second-order valence-corrected chi connectivity index (χ2v) is 16.2. The van der Waals surface area contributed by atoms with Crippen LogP contribution >= 0.6 is 15.9 Å². The first-order valence-electron chi connectivity index (χ1n) is 8.40. The fraction of sp³-hybridized carbons (Fsp3) is 1.00. The van der Waals surface area contributed by atoms with Gasteiger partial charge in [-0.1, -0.05) is 69.1 Å². The predicted octanol–water partition coefficient (Wildman–Crippen LogP) is 5.93. The zero-order valence-corrected chi connectivity index (χ0v) is 16.8. The quantitative estimate of drug-likeness (QED) is 0.447. The van der Waals surface area contributed by atoms with Crippen LogP contribution in [0.1, 0.15) is 66.2 Å². The predicted molar refractivity (Wildman–Crippen MR) is 94.4 cm³/mol. The maximum absolute atomic E-state index is 6.50. The van der Waals surface area contributed by atoms with Gasteiger partial charge in [-0.15, -0.1) is 0 Å². The third kappa shape index (κ3) is 3.05. The molecule has 3 atom stereocenters. The van der Waals surface area contributed by atoms with Gasteiger partial charge in [0.2, 0.25) is 0 Å². The lowest BCUT2D eigenvalue weighted by Crippen LogP contribution is -2.65. The van der Waals surface area contributed by atoms with Crippen molar-refractivity contribution in [1.82, 2.24) is 0 Å². The summed E-state index contributed by atoms with van der Waals surface area (Å²) >= 11 is 4.06. The first kappa shape index (κ1) is 17.0. The minimum atomic E-state index is -1.40. The van der Waals surface area contributed by atoms with Crippen LogP contribution in [0.3, 0.4) is 0 Å². The Morgan fingerprint density at radius 2 is 1.65 bits per heavy atom. The minimum Gasteiger partial charge on any atom is -0.371 e. The van der Waals surface area contributed by atoms with E-state index in [2.05, 4.69) is 56.7 Å². The summed E-state index contributed by atoms with van der Waals surface area (Å²) in [7, 11) is -1.40. The average molecular weight is 361 g/mol. The van der Waals surface area contributed by atoms with E-state index in [1.807, 2.05) is 0 Å². The van der Waals surface area contributed by atoms with Crippen LogP contribution in [0, 0.1) is 5.92 Å². The van der Waals surface area contributed by atoms with Crippen molar-refractivity contribution in [2.24, 2.45) is 5.92 Å². The first-order chi connectivity index (χ1) is 9.08. The van der Waals surface area contributed by atoms with E-state index in [0.29, 0.717) is 15.6 Å². The molecule has 1 aliphatic carbocycles. The minimum absolute atomic E-state index is 0.0745.